The fourth-order valence-electron chi connectivity index (χ4n) is 0.717. The highest BCUT2D eigenvalue weighted by Crippen LogP contribution is 2.05. The summed E-state index contributed by atoms with van der Waals surface area (Å²) >= 11 is 0. The smallest absolute Gasteiger partial charge is 0.131 e. The average molecular weight is 153 g/mol. The molecule has 0 spiro atoms. The average Bonchev–Trinajstić information content (AvgIpc) is 2.05. The number of aliphatic hydroxyl groups is 1. The maximum Gasteiger partial charge on any atom is 0.131 e. The number of nitrogens with zero attached hydrogens (tertiary/aromatic N) is 3. The van der Waals surface area contributed by atoms with Crippen molar-refractivity contribution in [3.63, 3.8) is 0 Å². The summed E-state index contributed by atoms with van der Waals surface area (Å²) in [6.07, 6.45) is 1.45. The summed E-state index contributed by atoms with van der Waals surface area (Å²) in [6.45, 7) is -0.0383. The third-order valence-electron chi connectivity index (χ3n) is 1.33. The van der Waals surface area contributed by atoms with Crippen LogP contribution in [-0.4, -0.2) is 29.2 Å². The number of hydrogen-bond donors (Lipinski definition) is 1. The molecule has 1 rings (SSSR count). The van der Waals surface area contributed by atoms with Gasteiger partial charge in [-0.05, 0) is 0 Å². The van der Waals surface area contributed by atoms with Crippen LogP contribution in [0.25, 0.3) is 0 Å². The zero-order chi connectivity index (χ0) is 8.27. The van der Waals surface area contributed by atoms with Gasteiger partial charge < -0.3 is 10.0 Å². The van der Waals surface area contributed by atoms with E-state index >= 15 is 0 Å². The van der Waals surface area contributed by atoms with Gasteiger partial charge in [0.05, 0.1) is 12.3 Å². The van der Waals surface area contributed by atoms with Gasteiger partial charge >= 0.3 is 0 Å². The fourth-order valence-corrected chi connectivity index (χ4v) is 0.717. The van der Waals surface area contributed by atoms with Crippen molar-refractivity contribution in [2.75, 3.05) is 19.0 Å². The van der Waals surface area contributed by atoms with Crippen LogP contribution in [0.2, 0.25) is 0 Å². The molecule has 4 heteroatoms. The first-order chi connectivity index (χ1) is 5.24. The molecule has 0 aliphatic carbocycles. The van der Waals surface area contributed by atoms with Crippen LogP contribution < -0.4 is 4.90 Å². The Morgan fingerprint density at radius 2 is 2.18 bits per heavy atom. The maximum absolute atomic E-state index is 8.74. The summed E-state index contributed by atoms with van der Waals surface area (Å²) < 4.78 is 0. The van der Waals surface area contributed by atoms with Gasteiger partial charge in [-0.15, -0.1) is 0 Å². The lowest BCUT2D eigenvalue weighted by Gasteiger charge is -2.10. The van der Waals surface area contributed by atoms with Crippen molar-refractivity contribution in [3.8, 4) is 0 Å². The second kappa shape index (κ2) is 3.30. The zero-order valence-corrected chi connectivity index (χ0v) is 6.65. The lowest BCUT2D eigenvalue weighted by atomic mass is 10.4. The lowest BCUT2D eigenvalue weighted by molar-refractivity contribution is 0.276. The van der Waals surface area contributed by atoms with Gasteiger partial charge in [0, 0.05) is 20.2 Å². The number of aliphatic hydroxyl groups excluding tert-OH is 1. The van der Waals surface area contributed by atoms with Crippen LogP contribution in [0.1, 0.15) is 5.69 Å². The minimum Gasteiger partial charge on any atom is -0.390 e. The Hall–Kier alpha value is -1.16. The van der Waals surface area contributed by atoms with Crippen molar-refractivity contribution >= 4 is 5.82 Å². The van der Waals surface area contributed by atoms with Crippen LogP contribution >= 0.6 is 0 Å². The van der Waals surface area contributed by atoms with E-state index in [1.807, 2.05) is 19.0 Å². The Kier molecular flexibility index (Phi) is 2.38. The normalized spacial score (nSPS) is 9.73. The molecule has 0 fully saturated rings. The third-order valence-corrected chi connectivity index (χ3v) is 1.33. The number of rotatable bonds is 2. The molecule has 11 heavy (non-hydrogen) atoms. The van der Waals surface area contributed by atoms with Crippen LogP contribution in [0.5, 0.6) is 0 Å². The van der Waals surface area contributed by atoms with E-state index in [0.717, 1.165) is 5.82 Å². The molecule has 1 N–H and O–H groups in total. The molecule has 60 valence electrons. The topological polar surface area (TPSA) is 49.2 Å². The molecule has 0 aromatic carbocycles. The summed E-state index contributed by atoms with van der Waals surface area (Å²) in [7, 11) is 3.78. The van der Waals surface area contributed by atoms with E-state index in [2.05, 4.69) is 9.97 Å². The van der Waals surface area contributed by atoms with Gasteiger partial charge in [-0.1, -0.05) is 0 Å². The Balaban J connectivity index is 2.91. The van der Waals surface area contributed by atoms with E-state index in [0.29, 0.717) is 5.69 Å². The Bertz CT molecular complexity index is 237. The third kappa shape index (κ3) is 1.88. The number of anilines is 1. The summed E-state index contributed by atoms with van der Waals surface area (Å²) in [5, 5.41) is 8.74. The molecule has 0 amide bonds. The van der Waals surface area contributed by atoms with Gasteiger partial charge in [-0.2, -0.15) is 0 Å². The summed E-state index contributed by atoms with van der Waals surface area (Å²) in [5.74, 6) is 0.809. The van der Waals surface area contributed by atoms with Crippen molar-refractivity contribution in [1.29, 1.82) is 0 Å². The van der Waals surface area contributed by atoms with Crippen LogP contribution in [0.4, 0.5) is 5.82 Å². The summed E-state index contributed by atoms with van der Waals surface area (Å²) in [5.41, 5.74) is 0.642. The Morgan fingerprint density at radius 1 is 1.45 bits per heavy atom. The SMILES string of the molecule is CN(C)c1cc(CO)ncn1. The second-order valence-corrected chi connectivity index (χ2v) is 2.42. The molecule has 0 radical (unpaired) electrons. The molecule has 1 aromatic heterocycles. The van der Waals surface area contributed by atoms with E-state index in [4.69, 9.17) is 5.11 Å². The molecule has 0 saturated carbocycles. The van der Waals surface area contributed by atoms with E-state index < -0.39 is 0 Å². The van der Waals surface area contributed by atoms with Crippen LogP contribution in [0, 0.1) is 0 Å². The standard InChI is InChI=1S/C7H11N3O/c1-10(2)7-3-6(4-11)8-5-9-7/h3,5,11H,4H2,1-2H3. The minimum atomic E-state index is -0.0383. The highest BCUT2D eigenvalue weighted by Gasteiger charge is 1.97. The highest BCUT2D eigenvalue weighted by molar-refractivity contribution is 5.36. The second-order valence-electron chi connectivity index (χ2n) is 2.42. The predicted molar refractivity (Wildman–Crippen MR) is 42.3 cm³/mol. The van der Waals surface area contributed by atoms with Gasteiger partial charge in [-0.3, -0.25) is 0 Å². The molecule has 4 nitrogen and oxygen atoms in total. The summed E-state index contributed by atoms with van der Waals surface area (Å²) in [4.78, 5) is 9.70. The zero-order valence-electron chi connectivity index (χ0n) is 6.65. The van der Waals surface area contributed by atoms with E-state index in [-0.39, 0.29) is 6.61 Å². The van der Waals surface area contributed by atoms with E-state index in [9.17, 15) is 0 Å². The van der Waals surface area contributed by atoms with E-state index in [1.165, 1.54) is 6.33 Å². The molecule has 0 saturated heterocycles. The van der Waals surface area contributed by atoms with Crippen LogP contribution in [0.15, 0.2) is 12.4 Å². The van der Waals surface area contributed by atoms with Crippen molar-refractivity contribution in [1.82, 2.24) is 9.97 Å². The Morgan fingerprint density at radius 3 is 2.73 bits per heavy atom. The first-order valence-corrected chi connectivity index (χ1v) is 3.33. The van der Waals surface area contributed by atoms with Gasteiger partial charge in [0.2, 0.25) is 0 Å². The summed E-state index contributed by atoms with van der Waals surface area (Å²) in [6, 6.07) is 1.75. The van der Waals surface area contributed by atoms with E-state index in [1.54, 1.807) is 6.07 Å². The van der Waals surface area contributed by atoms with Crippen molar-refractivity contribution < 1.29 is 5.11 Å². The number of hydrogen-bond acceptors (Lipinski definition) is 4. The van der Waals surface area contributed by atoms with Gasteiger partial charge in [0.1, 0.15) is 12.1 Å². The van der Waals surface area contributed by atoms with Crippen LogP contribution in [0.3, 0.4) is 0 Å². The fraction of sp³-hybridized carbons (Fsp3) is 0.429. The minimum absolute atomic E-state index is 0.0383. The molecule has 0 aliphatic rings. The molecule has 0 unspecified atom stereocenters. The Labute approximate surface area is 65.5 Å². The van der Waals surface area contributed by atoms with Crippen LogP contribution in [-0.2, 0) is 6.61 Å². The first-order valence-electron chi connectivity index (χ1n) is 3.33. The molecule has 0 aliphatic heterocycles. The highest BCUT2D eigenvalue weighted by atomic mass is 16.3. The monoisotopic (exact) mass is 153 g/mol. The quantitative estimate of drug-likeness (QED) is 0.651. The van der Waals surface area contributed by atoms with Crippen molar-refractivity contribution in [3.05, 3.63) is 18.1 Å². The van der Waals surface area contributed by atoms with Gasteiger partial charge in [0.25, 0.3) is 0 Å². The largest absolute Gasteiger partial charge is 0.390 e. The number of aromatic nitrogens is 2. The molecule has 0 bridgehead atoms. The molecular weight excluding hydrogens is 142 g/mol. The predicted octanol–water partition coefficient (Wildman–Crippen LogP) is 0.0349. The molecular formula is C7H11N3O. The lowest BCUT2D eigenvalue weighted by Crippen LogP contribution is -2.11. The molecule has 0 atom stereocenters. The van der Waals surface area contributed by atoms with Gasteiger partial charge in [-0.25, -0.2) is 9.97 Å². The molecule has 1 aromatic rings. The van der Waals surface area contributed by atoms with Crippen molar-refractivity contribution in [2.24, 2.45) is 0 Å². The first kappa shape index (κ1) is 7.94. The maximum atomic E-state index is 8.74. The molecule has 1 heterocycles. The van der Waals surface area contributed by atoms with Crippen molar-refractivity contribution in [2.45, 2.75) is 6.61 Å². The van der Waals surface area contributed by atoms with Gasteiger partial charge in [0.15, 0.2) is 0 Å².